The minimum Gasteiger partial charge on any atom is -0.382 e. The number of nitrogens with one attached hydrogen (secondary N) is 1. The van der Waals surface area contributed by atoms with Crippen molar-refractivity contribution in [3.63, 3.8) is 0 Å². The van der Waals surface area contributed by atoms with Gasteiger partial charge in [0.1, 0.15) is 5.69 Å². The Labute approximate surface area is 130 Å². The van der Waals surface area contributed by atoms with E-state index in [-0.39, 0.29) is 23.7 Å². The fourth-order valence-electron chi connectivity index (χ4n) is 2.12. The third-order valence-corrected chi connectivity index (χ3v) is 3.16. The first kappa shape index (κ1) is 14.5. The lowest BCUT2D eigenvalue weighted by atomic mass is 10.1. The summed E-state index contributed by atoms with van der Waals surface area (Å²) in [6, 6.07) is 5.34. The molecular formula is C15H12N6O2. The first-order valence-corrected chi connectivity index (χ1v) is 6.74. The lowest BCUT2D eigenvalue weighted by Crippen LogP contribution is -2.18. The van der Waals surface area contributed by atoms with Gasteiger partial charge in [0, 0.05) is 36.0 Å². The van der Waals surface area contributed by atoms with Crippen molar-refractivity contribution in [2.45, 2.75) is 6.42 Å². The topological polar surface area (TPSA) is 128 Å². The molecule has 0 aliphatic carbocycles. The van der Waals surface area contributed by atoms with Crippen LogP contribution in [0.1, 0.15) is 16.2 Å². The van der Waals surface area contributed by atoms with E-state index in [9.17, 15) is 9.59 Å². The number of anilines is 1. The average molecular weight is 308 g/mol. The zero-order valence-electron chi connectivity index (χ0n) is 11.9. The molecule has 114 valence electrons. The van der Waals surface area contributed by atoms with E-state index in [1.165, 1.54) is 18.6 Å². The van der Waals surface area contributed by atoms with Crippen LogP contribution in [0.3, 0.4) is 0 Å². The summed E-state index contributed by atoms with van der Waals surface area (Å²) in [5.41, 5.74) is 6.76. The first-order valence-electron chi connectivity index (χ1n) is 6.74. The molecule has 0 aromatic carbocycles. The summed E-state index contributed by atoms with van der Waals surface area (Å²) in [4.78, 5) is 42.2. The third kappa shape index (κ3) is 3.10. The molecule has 0 atom stereocenters. The fourth-order valence-corrected chi connectivity index (χ4v) is 2.12. The van der Waals surface area contributed by atoms with Gasteiger partial charge in [0.25, 0.3) is 0 Å². The Kier molecular flexibility index (Phi) is 3.88. The highest BCUT2D eigenvalue weighted by Crippen LogP contribution is 2.19. The van der Waals surface area contributed by atoms with Crippen molar-refractivity contribution in [3.8, 4) is 11.3 Å². The maximum Gasteiger partial charge on any atom is 0.345 e. The number of carbonyl (C=O) groups is 1. The molecule has 0 aliphatic rings. The predicted molar refractivity (Wildman–Crippen MR) is 82.6 cm³/mol. The summed E-state index contributed by atoms with van der Waals surface area (Å²) in [5.74, 6) is -0.303. The molecule has 0 fully saturated rings. The summed E-state index contributed by atoms with van der Waals surface area (Å²) in [5, 5.41) is 0. The van der Waals surface area contributed by atoms with E-state index in [0.717, 1.165) is 0 Å². The normalized spacial score (nSPS) is 10.4. The number of hydrogen-bond acceptors (Lipinski definition) is 7. The quantitative estimate of drug-likeness (QED) is 0.676. The van der Waals surface area contributed by atoms with E-state index < -0.39 is 5.69 Å². The molecule has 0 unspecified atom stereocenters. The maximum atomic E-state index is 12.4. The van der Waals surface area contributed by atoms with Crippen LogP contribution in [0.15, 0.2) is 47.8 Å². The van der Waals surface area contributed by atoms with Crippen molar-refractivity contribution in [3.05, 3.63) is 64.9 Å². The van der Waals surface area contributed by atoms with Gasteiger partial charge in [-0.05, 0) is 12.1 Å². The number of ketones is 1. The number of nitrogen functional groups attached to an aromatic ring is 1. The number of nitrogens with zero attached hydrogens (tertiary/aromatic N) is 4. The zero-order chi connectivity index (χ0) is 16.2. The Balaban J connectivity index is 2.00. The Hall–Kier alpha value is -3.42. The number of carbonyl (C=O) groups excluding carboxylic acids is 1. The van der Waals surface area contributed by atoms with Crippen LogP contribution in [0.2, 0.25) is 0 Å². The van der Waals surface area contributed by atoms with Crippen LogP contribution >= 0.6 is 0 Å². The fraction of sp³-hybridized carbons (Fsp3) is 0.0667. The summed E-state index contributed by atoms with van der Waals surface area (Å²) in [6.45, 7) is 0. The van der Waals surface area contributed by atoms with E-state index >= 15 is 0 Å². The van der Waals surface area contributed by atoms with Crippen LogP contribution in [0.25, 0.3) is 11.3 Å². The monoisotopic (exact) mass is 308 g/mol. The summed E-state index contributed by atoms with van der Waals surface area (Å²) >= 11 is 0. The van der Waals surface area contributed by atoms with E-state index in [4.69, 9.17) is 5.73 Å². The van der Waals surface area contributed by atoms with Crippen LogP contribution in [-0.2, 0) is 6.42 Å². The van der Waals surface area contributed by atoms with Crippen molar-refractivity contribution in [1.82, 2.24) is 24.9 Å². The van der Waals surface area contributed by atoms with Gasteiger partial charge in [-0.1, -0.05) is 6.07 Å². The van der Waals surface area contributed by atoms with Gasteiger partial charge >= 0.3 is 5.69 Å². The molecule has 3 heterocycles. The van der Waals surface area contributed by atoms with Crippen LogP contribution in [0.4, 0.5) is 5.82 Å². The van der Waals surface area contributed by atoms with Crippen molar-refractivity contribution >= 4 is 11.6 Å². The molecule has 8 heteroatoms. The summed E-state index contributed by atoms with van der Waals surface area (Å²) in [6.07, 6.45) is 5.71. The van der Waals surface area contributed by atoms with E-state index in [2.05, 4.69) is 24.9 Å². The standard InChI is InChI=1S/C15H12N6O2/c16-14-13(18-5-6-19-14)12(22)7-11-9(8-20-15(23)21-11)10-3-1-2-4-17-10/h1-6,8H,7H2,(H2,16,19)(H,20,21,23). The highest BCUT2D eigenvalue weighted by atomic mass is 16.1. The molecule has 0 spiro atoms. The minimum absolute atomic E-state index is 0.0493. The van der Waals surface area contributed by atoms with Gasteiger partial charge in [0.15, 0.2) is 11.6 Å². The number of aromatic nitrogens is 5. The number of aromatic amines is 1. The average Bonchev–Trinajstić information content (AvgIpc) is 2.56. The van der Waals surface area contributed by atoms with Crippen LogP contribution in [-0.4, -0.2) is 30.7 Å². The molecule has 0 amide bonds. The van der Waals surface area contributed by atoms with Gasteiger partial charge in [-0.25, -0.2) is 19.7 Å². The molecule has 3 aromatic rings. The van der Waals surface area contributed by atoms with Crippen molar-refractivity contribution in [2.75, 3.05) is 5.73 Å². The highest BCUT2D eigenvalue weighted by Gasteiger charge is 2.17. The second-order valence-corrected chi connectivity index (χ2v) is 4.69. The largest absolute Gasteiger partial charge is 0.382 e. The maximum absolute atomic E-state index is 12.4. The SMILES string of the molecule is Nc1nccnc1C(=O)Cc1[nH]c(=O)ncc1-c1ccccn1. The molecule has 0 aliphatic heterocycles. The molecule has 3 aromatic heterocycles. The Morgan fingerprint density at radius 3 is 2.65 bits per heavy atom. The minimum atomic E-state index is -0.542. The molecular weight excluding hydrogens is 296 g/mol. The van der Waals surface area contributed by atoms with Crippen molar-refractivity contribution in [1.29, 1.82) is 0 Å². The predicted octanol–water partition coefficient (Wildman–Crippen LogP) is 0.629. The smallest absolute Gasteiger partial charge is 0.345 e. The molecule has 8 nitrogen and oxygen atoms in total. The number of hydrogen-bond donors (Lipinski definition) is 2. The summed E-state index contributed by atoms with van der Waals surface area (Å²) in [7, 11) is 0. The molecule has 23 heavy (non-hydrogen) atoms. The van der Waals surface area contributed by atoms with Crippen LogP contribution in [0, 0.1) is 0 Å². The van der Waals surface area contributed by atoms with Gasteiger partial charge < -0.3 is 10.7 Å². The third-order valence-electron chi connectivity index (χ3n) is 3.16. The van der Waals surface area contributed by atoms with Crippen molar-refractivity contribution < 1.29 is 4.79 Å². The van der Waals surface area contributed by atoms with Crippen LogP contribution in [0.5, 0.6) is 0 Å². The molecule has 3 rings (SSSR count). The van der Waals surface area contributed by atoms with Gasteiger partial charge in [-0.3, -0.25) is 9.78 Å². The number of Topliss-reactive ketones (excluding diaryl/α,β-unsaturated/α-hetero) is 1. The number of rotatable bonds is 4. The van der Waals surface area contributed by atoms with Gasteiger partial charge in [0.2, 0.25) is 0 Å². The highest BCUT2D eigenvalue weighted by molar-refractivity contribution is 5.99. The zero-order valence-corrected chi connectivity index (χ0v) is 11.9. The van der Waals surface area contributed by atoms with Crippen molar-refractivity contribution in [2.24, 2.45) is 0 Å². The Bertz CT molecular complexity index is 907. The van der Waals surface area contributed by atoms with E-state index in [1.54, 1.807) is 24.4 Å². The van der Waals surface area contributed by atoms with Crippen LogP contribution < -0.4 is 11.4 Å². The molecule has 0 bridgehead atoms. The van der Waals surface area contributed by atoms with Gasteiger partial charge in [-0.15, -0.1) is 0 Å². The molecule has 0 radical (unpaired) electrons. The molecule has 0 saturated heterocycles. The van der Waals surface area contributed by atoms with Gasteiger partial charge in [0.05, 0.1) is 12.1 Å². The number of pyridine rings is 1. The first-order chi connectivity index (χ1) is 11.1. The number of nitrogens with two attached hydrogens (primary N) is 1. The summed E-state index contributed by atoms with van der Waals surface area (Å²) < 4.78 is 0. The molecule has 0 saturated carbocycles. The second-order valence-electron chi connectivity index (χ2n) is 4.69. The Morgan fingerprint density at radius 1 is 1.09 bits per heavy atom. The van der Waals surface area contributed by atoms with E-state index in [1.807, 2.05) is 0 Å². The van der Waals surface area contributed by atoms with E-state index in [0.29, 0.717) is 17.0 Å². The van der Waals surface area contributed by atoms with Gasteiger partial charge in [-0.2, -0.15) is 0 Å². The number of H-pyrrole nitrogens is 1. The second kappa shape index (κ2) is 6.14. The molecule has 3 N–H and O–H groups in total. The lowest BCUT2D eigenvalue weighted by molar-refractivity contribution is 0.0988. The Morgan fingerprint density at radius 2 is 1.91 bits per heavy atom. The lowest BCUT2D eigenvalue weighted by Gasteiger charge is -2.08.